The van der Waals surface area contributed by atoms with Crippen LogP contribution in [0.1, 0.15) is 11.1 Å². The van der Waals surface area contributed by atoms with Crippen LogP contribution in [0.2, 0.25) is 0 Å². The van der Waals surface area contributed by atoms with Crippen LogP contribution in [-0.4, -0.2) is 0 Å². The summed E-state index contributed by atoms with van der Waals surface area (Å²) in [5, 5.41) is 4.99. The third-order valence-electron chi connectivity index (χ3n) is 9.15. The third-order valence-corrected chi connectivity index (χ3v) is 9.15. The first-order chi connectivity index (χ1) is 23.9. The minimum absolute atomic E-state index is 1.19. The van der Waals surface area contributed by atoms with Crippen LogP contribution in [-0.2, 0) is 0 Å². The molecule has 0 spiro atoms. The Morgan fingerprint density at radius 2 is 0.708 bits per heavy atom. The summed E-state index contributed by atoms with van der Waals surface area (Å²) in [5.74, 6) is 0. The van der Waals surface area contributed by atoms with Gasteiger partial charge in [0.15, 0.2) is 0 Å². The molecule has 48 heavy (non-hydrogen) atoms. The average molecular weight is 611 g/mol. The lowest BCUT2D eigenvalue weighted by molar-refractivity contribution is 1.56. The molecule has 1 aliphatic carbocycles. The predicted molar refractivity (Wildman–Crippen MR) is 209 cm³/mol. The molecule has 0 nitrogen and oxygen atoms in total. The van der Waals surface area contributed by atoms with Gasteiger partial charge < -0.3 is 0 Å². The lowest BCUT2D eigenvalue weighted by Crippen LogP contribution is -1.97. The average Bonchev–Trinajstić information content (AvgIpc) is 3.15. The third kappa shape index (κ3) is 5.55. The van der Waals surface area contributed by atoms with Crippen molar-refractivity contribution in [1.29, 1.82) is 0 Å². The highest BCUT2D eigenvalue weighted by Gasteiger charge is 2.21. The standard InChI is InChI=1S/C48H34/c1-2-4-6-11-26-45-43(25-10-5-3-1)47(38-33-31-37(32-34-38)40-30-18-22-36-21-12-13-23-39(36)40)44-28-16-17-29-46(44)48(45)42-27-15-14-24-41(42)35-19-8-7-9-20-35/h1-34H/b2-1-,3-1?,4-2?,5-3+,6-4-,10-5?,11-6?,25-10+,26-11-,43-25?,45-26?. The second-order valence-corrected chi connectivity index (χ2v) is 12.0. The van der Waals surface area contributed by atoms with E-state index in [2.05, 4.69) is 206 Å². The van der Waals surface area contributed by atoms with Gasteiger partial charge >= 0.3 is 0 Å². The molecule has 0 atom stereocenters. The van der Waals surface area contributed by atoms with Crippen molar-refractivity contribution in [2.75, 3.05) is 0 Å². The van der Waals surface area contributed by atoms with Crippen molar-refractivity contribution in [1.82, 2.24) is 0 Å². The quantitative estimate of drug-likeness (QED) is 0.186. The first-order valence-corrected chi connectivity index (χ1v) is 16.5. The van der Waals surface area contributed by atoms with E-state index in [0.717, 1.165) is 0 Å². The molecular formula is C48H34. The normalized spacial score (nSPS) is 15.9. The molecule has 1 aliphatic rings. The fourth-order valence-corrected chi connectivity index (χ4v) is 6.98. The number of hydrogen-bond donors (Lipinski definition) is 0. The van der Waals surface area contributed by atoms with E-state index in [0.29, 0.717) is 0 Å². The molecule has 7 aromatic carbocycles. The second kappa shape index (κ2) is 13.2. The number of allylic oxidation sites excluding steroid dienone is 8. The van der Waals surface area contributed by atoms with Gasteiger partial charge in [0.2, 0.25) is 0 Å². The highest BCUT2D eigenvalue weighted by Crippen LogP contribution is 2.46. The van der Waals surface area contributed by atoms with Crippen LogP contribution in [0.15, 0.2) is 194 Å². The molecule has 0 heterocycles. The maximum absolute atomic E-state index is 2.29. The molecule has 8 rings (SSSR count). The lowest BCUT2D eigenvalue weighted by Gasteiger charge is -2.22. The second-order valence-electron chi connectivity index (χ2n) is 12.0. The SMILES string of the molecule is C1=C\C=C/c2c(c(-c3ccc(-c4cccc5ccccc45)cc3)c3ccccc3c2-c2ccccc2-c2ccccc2)\C=C\C=C\C=C/1. The summed E-state index contributed by atoms with van der Waals surface area (Å²) in [6, 6.07) is 52.8. The smallest absolute Gasteiger partial charge is 0.00201 e. The Labute approximate surface area is 282 Å². The molecule has 0 N–H and O–H groups in total. The molecule has 0 aliphatic heterocycles. The van der Waals surface area contributed by atoms with Crippen molar-refractivity contribution in [2.24, 2.45) is 0 Å². The molecule has 0 bridgehead atoms. The molecule has 7 aromatic rings. The van der Waals surface area contributed by atoms with Crippen LogP contribution in [0.25, 0.3) is 78.2 Å². The number of benzene rings is 7. The molecule has 0 unspecified atom stereocenters. The van der Waals surface area contributed by atoms with Crippen LogP contribution < -0.4 is 0 Å². The van der Waals surface area contributed by atoms with Gasteiger partial charge in [-0.25, -0.2) is 0 Å². The van der Waals surface area contributed by atoms with Crippen LogP contribution in [0.5, 0.6) is 0 Å². The Balaban J connectivity index is 1.41. The first-order valence-electron chi connectivity index (χ1n) is 16.5. The van der Waals surface area contributed by atoms with Crippen molar-refractivity contribution >= 4 is 33.7 Å². The number of fused-ring (bicyclic) bond motifs is 3. The van der Waals surface area contributed by atoms with E-state index in [4.69, 9.17) is 0 Å². The predicted octanol–water partition coefficient (Wildman–Crippen LogP) is 13.4. The Hall–Kier alpha value is -6.24. The monoisotopic (exact) mass is 610 g/mol. The fourth-order valence-electron chi connectivity index (χ4n) is 6.98. The molecule has 0 saturated carbocycles. The fraction of sp³-hybridized carbons (Fsp3) is 0. The van der Waals surface area contributed by atoms with Crippen LogP contribution >= 0.6 is 0 Å². The van der Waals surface area contributed by atoms with Gasteiger partial charge in [-0.2, -0.15) is 0 Å². The van der Waals surface area contributed by atoms with Crippen molar-refractivity contribution in [2.45, 2.75) is 0 Å². The minimum atomic E-state index is 1.19. The Morgan fingerprint density at radius 1 is 0.250 bits per heavy atom. The van der Waals surface area contributed by atoms with E-state index in [-0.39, 0.29) is 0 Å². The van der Waals surface area contributed by atoms with E-state index >= 15 is 0 Å². The van der Waals surface area contributed by atoms with Gasteiger partial charge in [-0.3, -0.25) is 0 Å². The molecule has 0 fully saturated rings. The number of rotatable bonds is 4. The van der Waals surface area contributed by atoms with Crippen molar-refractivity contribution < 1.29 is 0 Å². The van der Waals surface area contributed by atoms with Gasteiger partial charge in [-0.15, -0.1) is 0 Å². The molecule has 0 amide bonds. The number of hydrogen-bond acceptors (Lipinski definition) is 0. The van der Waals surface area contributed by atoms with Crippen LogP contribution in [0.3, 0.4) is 0 Å². The summed E-state index contributed by atoms with van der Waals surface area (Å²) in [5.41, 5.74) is 12.2. The van der Waals surface area contributed by atoms with Gasteiger partial charge in [-0.1, -0.05) is 206 Å². The molecule has 0 aromatic heterocycles. The summed E-state index contributed by atoms with van der Waals surface area (Å²) in [6.45, 7) is 0. The van der Waals surface area contributed by atoms with Gasteiger partial charge in [0.05, 0.1) is 0 Å². The van der Waals surface area contributed by atoms with Gasteiger partial charge in [-0.05, 0) is 77.2 Å². The van der Waals surface area contributed by atoms with Crippen molar-refractivity contribution in [3.8, 4) is 44.5 Å². The summed E-state index contributed by atoms with van der Waals surface area (Å²) >= 11 is 0. The lowest BCUT2D eigenvalue weighted by atomic mass is 9.81. The van der Waals surface area contributed by atoms with E-state index in [9.17, 15) is 0 Å². The summed E-state index contributed by atoms with van der Waals surface area (Å²) in [6.07, 6.45) is 21.4. The zero-order valence-corrected chi connectivity index (χ0v) is 26.6. The summed E-state index contributed by atoms with van der Waals surface area (Å²) in [7, 11) is 0. The van der Waals surface area contributed by atoms with E-state index < -0.39 is 0 Å². The van der Waals surface area contributed by atoms with Crippen LogP contribution in [0, 0.1) is 0 Å². The van der Waals surface area contributed by atoms with E-state index in [1.54, 1.807) is 0 Å². The highest BCUT2D eigenvalue weighted by molar-refractivity contribution is 6.13. The van der Waals surface area contributed by atoms with Gasteiger partial charge in [0.1, 0.15) is 0 Å². The van der Waals surface area contributed by atoms with Gasteiger partial charge in [0, 0.05) is 0 Å². The summed E-state index contributed by atoms with van der Waals surface area (Å²) < 4.78 is 0. The molecular weight excluding hydrogens is 577 g/mol. The van der Waals surface area contributed by atoms with Crippen molar-refractivity contribution in [3.63, 3.8) is 0 Å². The largest absolute Gasteiger partial charge is 0.0623 e. The molecule has 0 radical (unpaired) electrons. The Bertz CT molecular complexity index is 2410. The van der Waals surface area contributed by atoms with Crippen LogP contribution in [0.4, 0.5) is 0 Å². The molecule has 0 saturated heterocycles. The Morgan fingerprint density at radius 3 is 1.42 bits per heavy atom. The van der Waals surface area contributed by atoms with E-state index in [1.165, 1.54) is 77.2 Å². The van der Waals surface area contributed by atoms with Gasteiger partial charge in [0.25, 0.3) is 0 Å². The zero-order valence-electron chi connectivity index (χ0n) is 26.6. The molecule has 0 heteroatoms. The zero-order chi connectivity index (χ0) is 32.1. The highest BCUT2D eigenvalue weighted by atomic mass is 14.2. The summed E-state index contributed by atoms with van der Waals surface area (Å²) in [4.78, 5) is 0. The minimum Gasteiger partial charge on any atom is -0.0623 e. The topological polar surface area (TPSA) is 0 Å². The van der Waals surface area contributed by atoms with E-state index in [1.807, 2.05) is 0 Å². The maximum Gasteiger partial charge on any atom is -0.00201 e. The first kappa shape index (κ1) is 29.2. The molecule has 226 valence electrons. The Kier molecular flexibility index (Phi) is 8.05. The maximum atomic E-state index is 2.29. The van der Waals surface area contributed by atoms with Crippen molar-refractivity contribution in [3.05, 3.63) is 205 Å².